The fourth-order valence-electron chi connectivity index (χ4n) is 2.65. The maximum atomic E-state index is 12.5. The number of fused-ring (bicyclic) bond motifs is 1. The molecule has 0 saturated carbocycles. The predicted octanol–water partition coefficient (Wildman–Crippen LogP) is 4.86. The topological polar surface area (TPSA) is 32.3 Å². The monoisotopic (exact) mass is 320 g/mol. The Hall–Kier alpha value is -1.52. The summed E-state index contributed by atoms with van der Waals surface area (Å²) in [7, 11) is 0. The summed E-state index contributed by atoms with van der Waals surface area (Å²) in [5.41, 5.74) is 3.01. The molecule has 1 aliphatic heterocycles. The van der Waals surface area contributed by atoms with Gasteiger partial charge >= 0.3 is 6.03 Å². The van der Waals surface area contributed by atoms with Gasteiger partial charge in [-0.1, -0.05) is 17.7 Å². The van der Waals surface area contributed by atoms with Crippen LogP contribution >= 0.6 is 22.9 Å². The third-order valence-electron chi connectivity index (χ3n) is 3.96. The molecule has 0 saturated heterocycles. The largest absolute Gasteiger partial charge is 0.322 e. The molecule has 5 heteroatoms. The van der Waals surface area contributed by atoms with Gasteiger partial charge in [-0.15, -0.1) is 11.3 Å². The van der Waals surface area contributed by atoms with Crippen LogP contribution in [0.1, 0.15) is 29.0 Å². The van der Waals surface area contributed by atoms with E-state index in [9.17, 15) is 4.79 Å². The van der Waals surface area contributed by atoms with E-state index in [0.29, 0.717) is 5.02 Å². The highest BCUT2D eigenvalue weighted by Gasteiger charge is 2.28. The van der Waals surface area contributed by atoms with Crippen molar-refractivity contribution in [2.45, 2.75) is 26.3 Å². The number of rotatable bonds is 1. The Morgan fingerprint density at radius 1 is 1.43 bits per heavy atom. The van der Waals surface area contributed by atoms with Crippen LogP contribution in [-0.4, -0.2) is 17.5 Å². The zero-order valence-electron chi connectivity index (χ0n) is 12.0. The molecule has 1 aliphatic rings. The molecule has 2 heterocycles. The molecule has 0 radical (unpaired) electrons. The summed E-state index contributed by atoms with van der Waals surface area (Å²) < 4.78 is 0. The molecule has 2 aromatic rings. The first-order valence-corrected chi connectivity index (χ1v) is 8.22. The lowest BCUT2D eigenvalue weighted by atomic mass is 10.0. The number of hydrogen-bond donors (Lipinski definition) is 1. The van der Waals surface area contributed by atoms with Gasteiger partial charge in [0.2, 0.25) is 0 Å². The third-order valence-corrected chi connectivity index (χ3v) is 5.36. The number of urea groups is 1. The summed E-state index contributed by atoms with van der Waals surface area (Å²) in [4.78, 5) is 15.8. The number of carbonyl (C=O) groups is 1. The first-order chi connectivity index (χ1) is 10.1. The maximum Gasteiger partial charge on any atom is 0.322 e. The molecule has 0 aliphatic carbocycles. The fraction of sp³-hybridized carbons (Fsp3) is 0.312. The van der Waals surface area contributed by atoms with Crippen LogP contribution in [0, 0.1) is 6.92 Å². The highest BCUT2D eigenvalue weighted by molar-refractivity contribution is 7.10. The van der Waals surface area contributed by atoms with E-state index < -0.39 is 0 Å². The zero-order chi connectivity index (χ0) is 15.0. The first kappa shape index (κ1) is 14.4. The van der Waals surface area contributed by atoms with Gasteiger partial charge in [0.15, 0.2) is 0 Å². The number of hydrogen-bond acceptors (Lipinski definition) is 2. The molecule has 2 amide bonds. The van der Waals surface area contributed by atoms with Crippen molar-refractivity contribution in [2.24, 2.45) is 0 Å². The lowest BCUT2D eigenvalue weighted by molar-refractivity contribution is 0.189. The standard InChI is InChI=1S/C16H17ClN2OS/c1-10-3-4-12(9-14(10)17)18-16(20)19-7-5-15-13(11(19)2)6-8-21-15/h3-4,6,8-9,11H,5,7H2,1-2H3,(H,18,20). The molecule has 1 atom stereocenters. The highest BCUT2D eigenvalue weighted by atomic mass is 35.5. The Balaban J connectivity index is 1.75. The molecular weight excluding hydrogens is 304 g/mol. The summed E-state index contributed by atoms with van der Waals surface area (Å²) in [5.74, 6) is 0. The van der Waals surface area contributed by atoms with Gasteiger partial charge in [0, 0.05) is 22.1 Å². The molecular formula is C16H17ClN2OS. The summed E-state index contributed by atoms with van der Waals surface area (Å²) >= 11 is 7.88. The summed E-state index contributed by atoms with van der Waals surface area (Å²) in [6, 6.07) is 7.74. The van der Waals surface area contributed by atoms with Crippen molar-refractivity contribution < 1.29 is 4.79 Å². The van der Waals surface area contributed by atoms with Crippen molar-refractivity contribution in [1.29, 1.82) is 0 Å². The molecule has 0 bridgehead atoms. The minimum absolute atomic E-state index is 0.0701. The van der Waals surface area contributed by atoms with Gasteiger partial charge in [0.25, 0.3) is 0 Å². The van der Waals surface area contributed by atoms with Crippen LogP contribution in [0.5, 0.6) is 0 Å². The van der Waals surface area contributed by atoms with Crippen molar-refractivity contribution in [3.63, 3.8) is 0 Å². The molecule has 0 spiro atoms. The zero-order valence-corrected chi connectivity index (χ0v) is 13.6. The predicted molar refractivity (Wildman–Crippen MR) is 88.4 cm³/mol. The normalized spacial score (nSPS) is 17.5. The molecule has 1 N–H and O–H groups in total. The van der Waals surface area contributed by atoms with Crippen LogP contribution in [0.2, 0.25) is 5.02 Å². The van der Waals surface area contributed by atoms with Crippen LogP contribution in [0.15, 0.2) is 29.6 Å². The van der Waals surface area contributed by atoms with Crippen molar-refractivity contribution in [2.75, 3.05) is 11.9 Å². The van der Waals surface area contributed by atoms with E-state index in [2.05, 4.69) is 23.7 Å². The van der Waals surface area contributed by atoms with Gasteiger partial charge in [0.05, 0.1) is 6.04 Å². The average Bonchev–Trinajstić information content (AvgIpc) is 2.92. The first-order valence-electron chi connectivity index (χ1n) is 6.96. The Bertz CT molecular complexity index is 683. The number of anilines is 1. The number of thiophene rings is 1. The minimum Gasteiger partial charge on any atom is -0.317 e. The van der Waals surface area contributed by atoms with E-state index in [1.807, 2.05) is 24.0 Å². The summed E-state index contributed by atoms with van der Waals surface area (Å²) in [6.45, 7) is 4.77. The Kier molecular flexibility index (Phi) is 3.91. The summed E-state index contributed by atoms with van der Waals surface area (Å²) in [6.07, 6.45) is 0.930. The number of amides is 2. The van der Waals surface area contributed by atoms with Gasteiger partial charge in [-0.3, -0.25) is 0 Å². The fourth-order valence-corrected chi connectivity index (χ4v) is 3.80. The van der Waals surface area contributed by atoms with Crippen LogP contribution in [0.3, 0.4) is 0 Å². The third kappa shape index (κ3) is 2.78. The van der Waals surface area contributed by atoms with Crippen molar-refractivity contribution >= 4 is 34.7 Å². The SMILES string of the molecule is Cc1ccc(NC(=O)N2CCc3sccc3C2C)cc1Cl. The number of benzene rings is 1. The molecule has 0 fully saturated rings. The Morgan fingerprint density at radius 2 is 2.24 bits per heavy atom. The van der Waals surface area contributed by atoms with Crippen LogP contribution < -0.4 is 5.32 Å². The van der Waals surface area contributed by atoms with Gasteiger partial charge in [0.1, 0.15) is 0 Å². The Labute approximate surface area is 133 Å². The van der Waals surface area contributed by atoms with Crippen LogP contribution in [0.25, 0.3) is 0 Å². The average molecular weight is 321 g/mol. The van der Waals surface area contributed by atoms with Crippen molar-refractivity contribution in [3.8, 4) is 0 Å². The number of nitrogens with zero attached hydrogens (tertiary/aromatic N) is 1. The van der Waals surface area contributed by atoms with Gasteiger partial charge < -0.3 is 10.2 Å². The van der Waals surface area contributed by atoms with Crippen molar-refractivity contribution in [3.05, 3.63) is 50.7 Å². The van der Waals surface area contributed by atoms with Gasteiger partial charge in [-0.2, -0.15) is 0 Å². The second-order valence-corrected chi connectivity index (χ2v) is 6.72. The van der Waals surface area contributed by atoms with E-state index >= 15 is 0 Å². The number of nitrogens with one attached hydrogen (secondary N) is 1. The Morgan fingerprint density at radius 3 is 3.00 bits per heavy atom. The molecule has 110 valence electrons. The highest BCUT2D eigenvalue weighted by Crippen LogP contribution is 2.33. The second-order valence-electron chi connectivity index (χ2n) is 5.31. The maximum absolute atomic E-state index is 12.5. The molecule has 1 aromatic heterocycles. The minimum atomic E-state index is -0.0701. The van der Waals surface area contributed by atoms with Crippen molar-refractivity contribution in [1.82, 2.24) is 4.90 Å². The molecule has 1 unspecified atom stereocenters. The van der Waals surface area contributed by atoms with E-state index in [4.69, 9.17) is 11.6 Å². The molecule has 1 aromatic carbocycles. The number of carbonyl (C=O) groups excluding carboxylic acids is 1. The lowest BCUT2D eigenvalue weighted by Crippen LogP contribution is -2.40. The quantitative estimate of drug-likeness (QED) is 0.799. The molecule has 21 heavy (non-hydrogen) atoms. The molecule has 3 rings (SSSR count). The number of aryl methyl sites for hydroxylation is 1. The van der Waals surface area contributed by atoms with Gasteiger partial charge in [-0.05, 0) is 55.0 Å². The van der Waals surface area contributed by atoms with E-state index in [1.165, 1.54) is 10.4 Å². The lowest BCUT2D eigenvalue weighted by Gasteiger charge is -2.33. The number of halogens is 1. The van der Waals surface area contributed by atoms with Gasteiger partial charge in [-0.25, -0.2) is 4.79 Å². The summed E-state index contributed by atoms with van der Waals surface area (Å²) in [5, 5.41) is 5.70. The smallest absolute Gasteiger partial charge is 0.317 e. The second kappa shape index (κ2) is 5.70. The van der Waals surface area contributed by atoms with Crippen LogP contribution in [0.4, 0.5) is 10.5 Å². The van der Waals surface area contributed by atoms with E-state index in [-0.39, 0.29) is 12.1 Å². The molecule has 3 nitrogen and oxygen atoms in total. The van der Waals surface area contributed by atoms with E-state index in [0.717, 1.165) is 24.2 Å². The van der Waals surface area contributed by atoms with E-state index in [1.54, 1.807) is 17.4 Å². The van der Waals surface area contributed by atoms with Crippen LogP contribution in [-0.2, 0) is 6.42 Å².